The first-order valence-corrected chi connectivity index (χ1v) is 6.07. The average molecular weight is 242 g/mol. The number of nitrogens with one attached hydrogen (secondary N) is 1. The van der Waals surface area contributed by atoms with Crippen LogP contribution >= 0.6 is 0 Å². The van der Waals surface area contributed by atoms with Gasteiger partial charge in [-0.25, -0.2) is 0 Å². The minimum absolute atomic E-state index is 0.693. The average Bonchev–Trinajstić information content (AvgIpc) is 2.78. The van der Waals surface area contributed by atoms with E-state index in [1.807, 2.05) is 36.4 Å². The number of carboxylic acid groups (broad SMARTS) is 1. The number of aromatic amines is 1. The minimum atomic E-state index is -0.753. The van der Waals surface area contributed by atoms with Gasteiger partial charge in [0, 0.05) is 5.56 Å². The lowest BCUT2D eigenvalue weighted by Gasteiger charge is -2.36. The van der Waals surface area contributed by atoms with E-state index in [0.717, 1.165) is 23.4 Å². The van der Waals surface area contributed by atoms with E-state index < -0.39 is 11.4 Å². The number of aliphatic carboxylic acids is 1. The highest BCUT2D eigenvalue weighted by Gasteiger charge is 2.47. The normalized spacial score (nSPS) is 17.1. The number of H-pyrrole nitrogens is 1. The molecule has 1 heterocycles. The fourth-order valence-electron chi connectivity index (χ4n) is 2.45. The Morgan fingerprint density at radius 1 is 1.28 bits per heavy atom. The molecule has 1 aromatic carbocycles. The minimum Gasteiger partial charge on any atom is -0.481 e. The van der Waals surface area contributed by atoms with E-state index in [4.69, 9.17) is 0 Å². The maximum absolute atomic E-state index is 11.4. The zero-order chi connectivity index (χ0) is 12.6. The van der Waals surface area contributed by atoms with Crippen LogP contribution in [0.15, 0.2) is 36.4 Å². The van der Waals surface area contributed by atoms with Crippen LogP contribution in [-0.2, 0) is 10.2 Å². The number of nitrogens with zero attached hydrogens (tertiary/aromatic N) is 1. The molecule has 0 saturated heterocycles. The monoisotopic (exact) mass is 242 g/mol. The standard InChI is InChI=1S/C14H14N2O2/c17-13(18)14(7-4-8-14)12-9-11(15-16-12)10-5-2-1-3-6-10/h1-3,5-6,9H,4,7-8H2,(H,15,16)(H,17,18). The van der Waals surface area contributed by atoms with Gasteiger partial charge in [-0.2, -0.15) is 5.10 Å². The summed E-state index contributed by atoms with van der Waals surface area (Å²) in [6, 6.07) is 11.6. The number of carboxylic acids is 1. The third-order valence-electron chi connectivity index (χ3n) is 3.78. The lowest BCUT2D eigenvalue weighted by atomic mass is 9.66. The van der Waals surface area contributed by atoms with Gasteiger partial charge in [-0.05, 0) is 18.9 Å². The maximum atomic E-state index is 11.4. The van der Waals surface area contributed by atoms with Crippen LogP contribution < -0.4 is 0 Å². The summed E-state index contributed by atoms with van der Waals surface area (Å²) in [5.74, 6) is -0.753. The smallest absolute Gasteiger partial charge is 0.315 e. The van der Waals surface area contributed by atoms with Crippen LogP contribution in [0, 0.1) is 0 Å². The van der Waals surface area contributed by atoms with Gasteiger partial charge in [-0.1, -0.05) is 36.8 Å². The highest BCUT2D eigenvalue weighted by Crippen LogP contribution is 2.43. The Labute approximate surface area is 105 Å². The third kappa shape index (κ3) is 1.53. The molecule has 0 unspecified atom stereocenters. The Balaban J connectivity index is 1.97. The van der Waals surface area contributed by atoms with Crippen molar-refractivity contribution in [2.24, 2.45) is 0 Å². The molecular formula is C14H14N2O2. The van der Waals surface area contributed by atoms with E-state index in [2.05, 4.69) is 10.2 Å². The number of benzene rings is 1. The fourth-order valence-corrected chi connectivity index (χ4v) is 2.45. The largest absolute Gasteiger partial charge is 0.481 e. The Kier molecular flexibility index (Phi) is 2.44. The molecule has 92 valence electrons. The Bertz CT molecular complexity index is 570. The highest BCUT2D eigenvalue weighted by molar-refractivity contribution is 5.82. The molecule has 18 heavy (non-hydrogen) atoms. The molecular weight excluding hydrogens is 228 g/mol. The van der Waals surface area contributed by atoms with Crippen LogP contribution in [0.5, 0.6) is 0 Å². The third-order valence-corrected chi connectivity index (χ3v) is 3.78. The summed E-state index contributed by atoms with van der Waals surface area (Å²) >= 11 is 0. The van der Waals surface area contributed by atoms with E-state index in [-0.39, 0.29) is 0 Å². The van der Waals surface area contributed by atoms with Gasteiger partial charge in [0.1, 0.15) is 5.41 Å². The SMILES string of the molecule is O=C(O)C1(c2cc(-c3ccccc3)n[nH]2)CCC1. The van der Waals surface area contributed by atoms with Crippen LogP contribution in [0.1, 0.15) is 25.0 Å². The summed E-state index contributed by atoms with van der Waals surface area (Å²) in [5, 5.41) is 16.5. The topological polar surface area (TPSA) is 66.0 Å². The summed E-state index contributed by atoms with van der Waals surface area (Å²) in [5.41, 5.74) is 1.79. The van der Waals surface area contributed by atoms with Crippen molar-refractivity contribution in [3.05, 3.63) is 42.1 Å². The Hall–Kier alpha value is -2.10. The number of aromatic nitrogens is 2. The summed E-state index contributed by atoms with van der Waals surface area (Å²) in [6.07, 6.45) is 2.35. The second-order valence-corrected chi connectivity index (χ2v) is 4.77. The fraction of sp³-hybridized carbons (Fsp3) is 0.286. The number of rotatable bonds is 3. The first-order chi connectivity index (χ1) is 8.72. The molecule has 2 aromatic rings. The summed E-state index contributed by atoms with van der Waals surface area (Å²) in [4.78, 5) is 11.4. The van der Waals surface area contributed by atoms with Gasteiger partial charge in [0.25, 0.3) is 0 Å². The van der Waals surface area contributed by atoms with Crippen molar-refractivity contribution < 1.29 is 9.90 Å². The molecule has 0 bridgehead atoms. The van der Waals surface area contributed by atoms with Crippen LogP contribution in [0.25, 0.3) is 11.3 Å². The maximum Gasteiger partial charge on any atom is 0.315 e. The quantitative estimate of drug-likeness (QED) is 0.869. The van der Waals surface area contributed by atoms with Gasteiger partial charge >= 0.3 is 5.97 Å². The van der Waals surface area contributed by atoms with Gasteiger partial charge < -0.3 is 5.11 Å². The molecule has 1 aromatic heterocycles. The van der Waals surface area contributed by atoms with Crippen molar-refractivity contribution >= 4 is 5.97 Å². The number of carbonyl (C=O) groups is 1. The Morgan fingerprint density at radius 3 is 2.56 bits per heavy atom. The molecule has 0 atom stereocenters. The molecule has 4 heteroatoms. The van der Waals surface area contributed by atoms with Gasteiger partial charge in [0.15, 0.2) is 0 Å². The molecule has 1 fully saturated rings. The van der Waals surface area contributed by atoms with Gasteiger partial charge in [0.05, 0.1) is 11.4 Å². The molecule has 0 radical (unpaired) electrons. The van der Waals surface area contributed by atoms with E-state index in [1.165, 1.54) is 0 Å². The van der Waals surface area contributed by atoms with Crippen LogP contribution in [-0.4, -0.2) is 21.3 Å². The molecule has 2 N–H and O–H groups in total. The Morgan fingerprint density at radius 2 is 2.00 bits per heavy atom. The van der Waals surface area contributed by atoms with Gasteiger partial charge in [-0.15, -0.1) is 0 Å². The molecule has 1 aliphatic carbocycles. The van der Waals surface area contributed by atoms with E-state index in [1.54, 1.807) is 0 Å². The van der Waals surface area contributed by atoms with Crippen molar-refractivity contribution in [1.29, 1.82) is 0 Å². The first kappa shape index (κ1) is 11.0. The van der Waals surface area contributed by atoms with E-state index in [0.29, 0.717) is 12.8 Å². The van der Waals surface area contributed by atoms with E-state index >= 15 is 0 Å². The summed E-state index contributed by atoms with van der Waals surface area (Å²) < 4.78 is 0. The van der Waals surface area contributed by atoms with Crippen LogP contribution in [0.3, 0.4) is 0 Å². The van der Waals surface area contributed by atoms with Crippen molar-refractivity contribution in [1.82, 2.24) is 10.2 Å². The second kappa shape index (κ2) is 3.98. The molecule has 0 spiro atoms. The van der Waals surface area contributed by atoms with Gasteiger partial charge in [0.2, 0.25) is 0 Å². The highest BCUT2D eigenvalue weighted by atomic mass is 16.4. The lowest BCUT2D eigenvalue weighted by Crippen LogP contribution is -2.42. The lowest BCUT2D eigenvalue weighted by molar-refractivity contribution is -0.147. The summed E-state index contributed by atoms with van der Waals surface area (Å²) in [6.45, 7) is 0. The first-order valence-electron chi connectivity index (χ1n) is 6.07. The van der Waals surface area contributed by atoms with E-state index in [9.17, 15) is 9.90 Å². The number of hydrogen-bond acceptors (Lipinski definition) is 2. The van der Waals surface area contributed by atoms with Crippen LogP contribution in [0.4, 0.5) is 0 Å². The summed E-state index contributed by atoms with van der Waals surface area (Å²) in [7, 11) is 0. The molecule has 4 nitrogen and oxygen atoms in total. The number of hydrogen-bond donors (Lipinski definition) is 2. The van der Waals surface area contributed by atoms with Crippen molar-refractivity contribution in [2.45, 2.75) is 24.7 Å². The molecule has 0 amide bonds. The zero-order valence-corrected chi connectivity index (χ0v) is 9.89. The van der Waals surface area contributed by atoms with Crippen molar-refractivity contribution in [3.63, 3.8) is 0 Å². The van der Waals surface area contributed by atoms with Crippen molar-refractivity contribution in [3.8, 4) is 11.3 Å². The zero-order valence-electron chi connectivity index (χ0n) is 9.89. The van der Waals surface area contributed by atoms with Gasteiger partial charge in [-0.3, -0.25) is 9.89 Å². The molecule has 1 aliphatic rings. The van der Waals surface area contributed by atoms with Crippen molar-refractivity contribution in [2.75, 3.05) is 0 Å². The van der Waals surface area contributed by atoms with Crippen LogP contribution in [0.2, 0.25) is 0 Å². The molecule has 1 saturated carbocycles. The predicted octanol–water partition coefficient (Wildman–Crippen LogP) is 2.58. The second-order valence-electron chi connectivity index (χ2n) is 4.77. The predicted molar refractivity (Wildman–Crippen MR) is 67.2 cm³/mol. The molecule has 3 rings (SSSR count). The molecule has 0 aliphatic heterocycles.